The molecule has 230 valence electrons. The first-order valence-electron chi connectivity index (χ1n) is 13.9. The Kier molecular flexibility index (Phi) is 5.03. The number of hydrogen-bond donors (Lipinski definition) is 4. The lowest BCUT2D eigenvalue weighted by Gasteiger charge is -2.40. The molecule has 0 bridgehead atoms. The molecule has 6 aliphatic rings. The molecule has 14 nitrogen and oxygen atoms in total. The van der Waals surface area contributed by atoms with Crippen molar-refractivity contribution in [2.24, 2.45) is 0 Å². The number of ketones is 2. The van der Waals surface area contributed by atoms with Gasteiger partial charge in [0.2, 0.25) is 22.8 Å². The molecule has 14 heteroatoms. The molecule has 44 heavy (non-hydrogen) atoms. The van der Waals surface area contributed by atoms with Crippen molar-refractivity contribution in [3.05, 3.63) is 56.6 Å². The van der Waals surface area contributed by atoms with Crippen molar-refractivity contribution in [3.63, 3.8) is 0 Å². The summed E-state index contributed by atoms with van der Waals surface area (Å²) in [6.45, 7) is 3.28. The minimum Gasteiger partial charge on any atom is -0.507 e. The third-order valence-electron chi connectivity index (χ3n) is 9.92. The second-order valence-corrected chi connectivity index (χ2v) is 12.1. The third-order valence-corrected chi connectivity index (χ3v) is 9.92. The number of phenols is 2. The Balaban J connectivity index is 1.37. The Hall–Kier alpha value is -3.92. The molecule has 4 aliphatic heterocycles. The maximum Gasteiger partial charge on any atom is 0.342 e. The van der Waals surface area contributed by atoms with Gasteiger partial charge in [0.25, 0.3) is 11.6 Å². The molecule has 0 saturated carbocycles. The zero-order valence-electron chi connectivity index (χ0n) is 23.7. The van der Waals surface area contributed by atoms with Crippen LogP contribution in [0.15, 0.2) is 12.1 Å². The average Bonchev–Trinajstić information content (AvgIpc) is 3.85. The summed E-state index contributed by atoms with van der Waals surface area (Å²) in [4.78, 5) is 53.9. The van der Waals surface area contributed by atoms with Gasteiger partial charge >= 0.3 is 11.9 Å². The number of hydrogen-bond acceptors (Lipinski definition) is 14. The molecular weight excluding hydrogens is 584 g/mol. The summed E-state index contributed by atoms with van der Waals surface area (Å²) in [5.74, 6) is -9.76. The largest absolute Gasteiger partial charge is 0.507 e. The fraction of sp³-hybridized carbons (Fsp3) is 0.467. The number of benzene rings is 2. The van der Waals surface area contributed by atoms with Crippen LogP contribution in [-0.4, -0.2) is 93.1 Å². The van der Waals surface area contributed by atoms with Gasteiger partial charge in [-0.3, -0.25) is 9.59 Å². The van der Waals surface area contributed by atoms with Gasteiger partial charge in [0.15, 0.2) is 0 Å². The summed E-state index contributed by atoms with van der Waals surface area (Å²) in [5.41, 5.74) is -6.13. The number of aromatic hydroxyl groups is 2. The van der Waals surface area contributed by atoms with Crippen LogP contribution in [0.3, 0.4) is 0 Å². The van der Waals surface area contributed by atoms with Gasteiger partial charge in [-0.25, -0.2) is 9.59 Å². The van der Waals surface area contributed by atoms with Crippen LogP contribution in [0.1, 0.15) is 89.7 Å². The van der Waals surface area contributed by atoms with Gasteiger partial charge < -0.3 is 48.8 Å². The Morgan fingerprint density at radius 1 is 0.705 bits per heavy atom. The molecule has 8 rings (SSSR count). The van der Waals surface area contributed by atoms with Gasteiger partial charge in [0.05, 0.1) is 0 Å². The number of aliphatic hydroxyl groups is 2. The van der Waals surface area contributed by atoms with Crippen LogP contribution in [0, 0.1) is 0 Å². The molecule has 0 spiro atoms. The van der Waals surface area contributed by atoms with Gasteiger partial charge in [0.1, 0.15) is 47.0 Å². The minimum absolute atomic E-state index is 0.173. The Morgan fingerprint density at radius 2 is 1.07 bits per heavy atom. The molecule has 2 aromatic carbocycles. The number of Topliss-reactive ketones (excluding diaryl/α,β-unsaturated/α-hetero) is 2. The molecule has 2 unspecified atom stereocenters. The highest BCUT2D eigenvalue weighted by Gasteiger charge is 3.03. The van der Waals surface area contributed by atoms with Crippen LogP contribution in [-0.2, 0) is 41.3 Å². The van der Waals surface area contributed by atoms with Crippen LogP contribution < -0.4 is 0 Å². The number of epoxide rings is 2. The Bertz CT molecular complexity index is 1670. The molecule has 0 amide bonds. The monoisotopic (exact) mass is 610 g/mol. The van der Waals surface area contributed by atoms with Gasteiger partial charge in [-0.2, -0.15) is 0 Å². The number of rotatable bonds is 3. The van der Waals surface area contributed by atoms with Crippen LogP contribution in [0.2, 0.25) is 0 Å². The Labute approximate surface area is 248 Å². The minimum atomic E-state index is -2.46. The first kappa shape index (κ1) is 27.6. The normalized spacial score (nSPS) is 39.1. The van der Waals surface area contributed by atoms with E-state index in [1.54, 1.807) is 13.8 Å². The van der Waals surface area contributed by atoms with E-state index in [1.165, 1.54) is 12.1 Å². The summed E-state index contributed by atoms with van der Waals surface area (Å²) >= 11 is 0. The predicted molar refractivity (Wildman–Crippen MR) is 139 cm³/mol. The molecule has 2 fully saturated rings. The summed E-state index contributed by atoms with van der Waals surface area (Å²) in [7, 11) is 2.22. The van der Waals surface area contributed by atoms with Crippen LogP contribution in [0.25, 0.3) is 0 Å². The lowest BCUT2D eigenvalue weighted by molar-refractivity contribution is -0.0580. The second-order valence-electron chi connectivity index (χ2n) is 12.1. The Morgan fingerprint density at radius 3 is 1.41 bits per heavy atom. The van der Waals surface area contributed by atoms with Crippen LogP contribution in [0.5, 0.6) is 11.5 Å². The van der Waals surface area contributed by atoms with E-state index in [1.807, 2.05) is 0 Å². The van der Waals surface area contributed by atoms with Crippen LogP contribution >= 0.6 is 0 Å². The highest BCUT2D eigenvalue weighted by molar-refractivity contribution is 6.13. The van der Waals surface area contributed by atoms with Gasteiger partial charge in [0, 0.05) is 49.3 Å². The van der Waals surface area contributed by atoms with E-state index in [2.05, 4.69) is 0 Å². The zero-order chi connectivity index (χ0) is 31.5. The third kappa shape index (κ3) is 2.63. The average molecular weight is 611 g/mol. The molecule has 0 radical (unpaired) electrons. The number of methoxy groups -OCH3 is 2. The van der Waals surface area contributed by atoms with Crippen molar-refractivity contribution in [2.75, 3.05) is 14.2 Å². The van der Waals surface area contributed by atoms with Crippen molar-refractivity contribution in [2.45, 2.75) is 73.9 Å². The molecule has 4 N–H and O–H groups in total. The zero-order valence-corrected chi connectivity index (χ0v) is 23.7. The summed E-state index contributed by atoms with van der Waals surface area (Å²) in [6.07, 6.45) is -4.89. The molecule has 2 saturated heterocycles. The SMILES string of the molecule is CO[C@@]12O[C@]1([C@]13O[C@@]1(OC)C(=O)c1cc4c(c(O)c1C3O)C(=O)O[C@H](C)C4)C(O)c1c(cc3c(c1O)C(=O)O[C@H](C)C3)C2=O. The van der Waals surface area contributed by atoms with Crippen molar-refractivity contribution >= 4 is 23.5 Å². The summed E-state index contributed by atoms with van der Waals surface area (Å²) < 4.78 is 33.6. The number of esters is 2. The highest BCUT2D eigenvalue weighted by atomic mass is 16.9. The maximum atomic E-state index is 14.2. The van der Waals surface area contributed by atoms with E-state index in [0.29, 0.717) is 11.1 Å². The number of carbonyl (C=O) groups excluding carboxylic acids is 4. The standard InChI is InChI=1S/C30H26O14/c1-9-5-11-7-13-17(19(31)15(11)25(37)41-9)23(35)27(29(39-3,43-27)21(13)33)28-24(36)18-14(22(34)30(28,40-4)44-28)8-12-6-10(2)42-26(38)16(12)20(18)32/h7-10,23-24,31-32,35-36H,5-6H2,1-4H3/t9-,10-,23?,24?,27+,28+,29+,30+/m1/s1. The number of carbonyl (C=O) groups is 4. The van der Waals surface area contributed by atoms with E-state index >= 15 is 0 Å². The van der Waals surface area contributed by atoms with Gasteiger partial charge in [-0.05, 0) is 37.1 Å². The van der Waals surface area contributed by atoms with Crippen molar-refractivity contribution < 1.29 is 68.0 Å². The van der Waals surface area contributed by atoms with E-state index in [9.17, 15) is 39.6 Å². The fourth-order valence-corrected chi connectivity index (χ4v) is 8.05. The number of ether oxygens (including phenoxy) is 6. The van der Waals surface area contributed by atoms with Crippen molar-refractivity contribution in [1.82, 2.24) is 0 Å². The quantitative estimate of drug-likeness (QED) is 0.278. The van der Waals surface area contributed by atoms with E-state index in [-0.39, 0.29) is 35.1 Å². The molecular formula is C30H26O14. The highest BCUT2D eigenvalue weighted by Crippen LogP contribution is 2.80. The number of aliphatic hydroxyl groups excluding tert-OH is 2. The van der Waals surface area contributed by atoms with E-state index < -0.39 is 93.3 Å². The first-order valence-corrected chi connectivity index (χ1v) is 13.9. The number of cyclic esters (lactones) is 2. The lowest BCUT2D eigenvalue weighted by Crippen LogP contribution is -2.61. The topological polar surface area (TPSA) is 211 Å². The smallest absolute Gasteiger partial charge is 0.342 e. The predicted octanol–water partition coefficient (Wildman–Crippen LogP) is 0.684. The molecule has 2 aromatic rings. The maximum absolute atomic E-state index is 14.2. The van der Waals surface area contributed by atoms with Crippen molar-refractivity contribution in [1.29, 1.82) is 0 Å². The van der Waals surface area contributed by atoms with Gasteiger partial charge in [-0.15, -0.1) is 0 Å². The van der Waals surface area contributed by atoms with Gasteiger partial charge in [-0.1, -0.05) is 0 Å². The summed E-state index contributed by atoms with van der Waals surface area (Å²) in [5, 5.41) is 46.8. The lowest BCUT2D eigenvalue weighted by atomic mass is 9.63. The molecule has 4 heterocycles. The molecule has 2 aliphatic carbocycles. The van der Waals surface area contributed by atoms with Crippen LogP contribution in [0.4, 0.5) is 0 Å². The van der Waals surface area contributed by atoms with Crippen molar-refractivity contribution in [3.8, 4) is 11.5 Å². The molecule has 8 atom stereocenters. The summed E-state index contributed by atoms with van der Waals surface area (Å²) in [6, 6.07) is 2.69. The van der Waals surface area contributed by atoms with E-state index in [4.69, 9.17) is 28.4 Å². The number of fused-ring (bicyclic) bond motifs is 7. The first-order chi connectivity index (χ1) is 20.8. The van der Waals surface area contributed by atoms with E-state index in [0.717, 1.165) is 14.2 Å². The number of phenolic OH excluding ortho intramolecular Hbond substituents is 2. The second kappa shape index (κ2) is 8.02. The fourth-order valence-electron chi connectivity index (χ4n) is 8.05. The molecule has 0 aromatic heterocycles.